The molecule has 0 fully saturated rings. The van der Waals surface area contributed by atoms with E-state index in [1.54, 1.807) is 47.8 Å². The van der Waals surface area contributed by atoms with Gasteiger partial charge in [0.1, 0.15) is 16.5 Å². The van der Waals surface area contributed by atoms with Gasteiger partial charge in [-0.25, -0.2) is 9.67 Å². The van der Waals surface area contributed by atoms with Crippen LogP contribution in [0, 0.1) is 6.92 Å². The average molecular weight is 467 g/mol. The predicted octanol–water partition coefficient (Wildman–Crippen LogP) is 3.99. The molecule has 0 saturated carbocycles. The molecule has 4 rings (SSSR count). The first-order valence-corrected chi connectivity index (χ1v) is 11.8. The van der Waals surface area contributed by atoms with Crippen LogP contribution in [0.25, 0.3) is 20.5 Å². The SMILES string of the molecule is Cc1nc(-c2cccs2)sc1-c1ccc(=O)n(CCNC(=O)C(C)Oc2ccccc2)n1. The third-order valence-electron chi connectivity index (χ3n) is 4.68. The fraction of sp³-hybridized carbons (Fsp3) is 0.217. The van der Waals surface area contributed by atoms with E-state index in [0.717, 1.165) is 20.5 Å². The van der Waals surface area contributed by atoms with Gasteiger partial charge in [-0.2, -0.15) is 5.10 Å². The van der Waals surface area contributed by atoms with E-state index in [0.29, 0.717) is 11.4 Å². The highest BCUT2D eigenvalue weighted by Gasteiger charge is 2.16. The maximum Gasteiger partial charge on any atom is 0.266 e. The molecule has 7 nitrogen and oxygen atoms in total. The van der Waals surface area contributed by atoms with E-state index in [2.05, 4.69) is 15.4 Å². The van der Waals surface area contributed by atoms with Crippen LogP contribution in [0.2, 0.25) is 0 Å². The summed E-state index contributed by atoms with van der Waals surface area (Å²) in [4.78, 5) is 31.3. The summed E-state index contributed by atoms with van der Waals surface area (Å²) >= 11 is 3.19. The van der Waals surface area contributed by atoms with Crippen molar-refractivity contribution in [3.63, 3.8) is 0 Å². The second-order valence-corrected chi connectivity index (χ2v) is 9.00. The van der Waals surface area contributed by atoms with Gasteiger partial charge in [-0.05, 0) is 43.5 Å². The Morgan fingerprint density at radius 2 is 1.97 bits per heavy atom. The largest absolute Gasteiger partial charge is 0.481 e. The molecule has 3 heterocycles. The number of ether oxygens (including phenoxy) is 1. The molecular formula is C23H22N4O3S2. The molecule has 32 heavy (non-hydrogen) atoms. The van der Waals surface area contributed by atoms with E-state index >= 15 is 0 Å². The number of hydrogen-bond acceptors (Lipinski definition) is 7. The lowest BCUT2D eigenvalue weighted by molar-refractivity contribution is -0.127. The van der Waals surface area contributed by atoms with Crippen molar-refractivity contribution in [1.82, 2.24) is 20.1 Å². The minimum atomic E-state index is -0.649. The minimum absolute atomic E-state index is 0.225. The van der Waals surface area contributed by atoms with Gasteiger partial charge in [-0.3, -0.25) is 9.59 Å². The van der Waals surface area contributed by atoms with Crippen LogP contribution in [-0.4, -0.2) is 33.3 Å². The van der Waals surface area contributed by atoms with Crippen molar-refractivity contribution < 1.29 is 9.53 Å². The number of thiophene rings is 1. The fourth-order valence-corrected chi connectivity index (χ4v) is 4.88. The number of aryl methyl sites for hydroxylation is 1. The summed E-state index contributed by atoms with van der Waals surface area (Å²) in [5, 5.41) is 10.3. The highest BCUT2D eigenvalue weighted by molar-refractivity contribution is 7.23. The van der Waals surface area contributed by atoms with Crippen molar-refractivity contribution in [1.29, 1.82) is 0 Å². The van der Waals surface area contributed by atoms with E-state index in [1.165, 1.54) is 10.7 Å². The van der Waals surface area contributed by atoms with Crippen molar-refractivity contribution in [2.24, 2.45) is 0 Å². The van der Waals surface area contributed by atoms with Crippen LogP contribution in [0.4, 0.5) is 0 Å². The van der Waals surface area contributed by atoms with Gasteiger partial charge in [0.2, 0.25) is 0 Å². The van der Waals surface area contributed by atoms with Crippen LogP contribution in [0.3, 0.4) is 0 Å². The number of carbonyl (C=O) groups is 1. The molecule has 1 aromatic carbocycles. The zero-order valence-electron chi connectivity index (χ0n) is 17.6. The van der Waals surface area contributed by atoms with Crippen LogP contribution >= 0.6 is 22.7 Å². The number of rotatable bonds is 8. The lowest BCUT2D eigenvalue weighted by atomic mass is 10.3. The zero-order chi connectivity index (χ0) is 22.5. The summed E-state index contributed by atoms with van der Waals surface area (Å²) in [7, 11) is 0. The van der Waals surface area contributed by atoms with Gasteiger partial charge in [0.25, 0.3) is 11.5 Å². The Balaban J connectivity index is 1.40. The Kier molecular flexibility index (Phi) is 6.77. The monoisotopic (exact) mass is 466 g/mol. The summed E-state index contributed by atoms with van der Waals surface area (Å²) < 4.78 is 6.99. The molecular weight excluding hydrogens is 444 g/mol. The number of benzene rings is 1. The molecule has 1 amide bonds. The molecule has 0 bridgehead atoms. The van der Waals surface area contributed by atoms with Crippen LogP contribution in [-0.2, 0) is 11.3 Å². The van der Waals surface area contributed by atoms with Crippen molar-refractivity contribution in [3.05, 3.63) is 76.0 Å². The zero-order valence-corrected chi connectivity index (χ0v) is 19.3. The molecule has 0 aliphatic heterocycles. The van der Waals surface area contributed by atoms with E-state index in [1.807, 2.05) is 42.6 Å². The predicted molar refractivity (Wildman–Crippen MR) is 127 cm³/mol. The molecule has 1 N–H and O–H groups in total. The lowest BCUT2D eigenvalue weighted by Crippen LogP contribution is -2.39. The second kappa shape index (κ2) is 9.88. The highest BCUT2D eigenvalue weighted by Crippen LogP contribution is 2.35. The quantitative estimate of drug-likeness (QED) is 0.424. The molecule has 1 atom stereocenters. The first kappa shape index (κ1) is 21.9. The Labute approximate surface area is 193 Å². The van der Waals surface area contributed by atoms with Gasteiger partial charge in [0.15, 0.2) is 6.10 Å². The van der Waals surface area contributed by atoms with Crippen molar-refractivity contribution in [2.75, 3.05) is 6.54 Å². The molecule has 0 spiro atoms. The van der Waals surface area contributed by atoms with Gasteiger partial charge in [0, 0.05) is 12.6 Å². The Morgan fingerprint density at radius 3 is 2.72 bits per heavy atom. The normalized spacial score (nSPS) is 11.8. The smallest absolute Gasteiger partial charge is 0.266 e. The third kappa shape index (κ3) is 5.12. The summed E-state index contributed by atoms with van der Waals surface area (Å²) in [6, 6.07) is 16.4. The highest BCUT2D eigenvalue weighted by atomic mass is 32.1. The number of carbonyl (C=O) groups excluding carboxylic acids is 1. The molecule has 0 aliphatic carbocycles. The number of para-hydroxylation sites is 1. The Hall–Kier alpha value is -3.30. The summed E-state index contributed by atoms with van der Waals surface area (Å²) in [6.07, 6.45) is -0.649. The molecule has 9 heteroatoms. The van der Waals surface area contributed by atoms with E-state index in [-0.39, 0.29) is 24.6 Å². The van der Waals surface area contributed by atoms with Crippen molar-refractivity contribution in [3.8, 4) is 26.2 Å². The van der Waals surface area contributed by atoms with E-state index < -0.39 is 6.10 Å². The molecule has 3 aromatic heterocycles. The van der Waals surface area contributed by atoms with Crippen molar-refractivity contribution >= 4 is 28.6 Å². The average Bonchev–Trinajstić information content (AvgIpc) is 3.45. The first-order valence-electron chi connectivity index (χ1n) is 10.1. The number of thiazole rings is 1. The third-order valence-corrected chi connectivity index (χ3v) is 6.89. The standard InChI is InChI=1S/C23H22N4O3S2/c1-15-21(32-23(25-15)19-9-6-14-31-19)18-10-11-20(28)27(26-18)13-12-24-22(29)16(2)30-17-7-4-3-5-8-17/h3-11,14,16H,12-13H2,1-2H3,(H,24,29). The van der Waals surface area contributed by atoms with E-state index in [9.17, 15) is 9.59 Å². The van der Waals surface area contributed by atoms with Gasteiger partial charge in [0.05, 0.1) is 22.0 Å². The van der Waals surface area contributed by atoms with Crippen molar-refractivity contribution in [2.45, 2.75) is 26.5 Å². The maximum absolute atomic E-state index is 12.3. The van der Waals surface area contributed by atoms with E-state index in [4.69, 9.17) is 4.74 Å². The Bertz CT molecular complexity index is 1250. The first-order chi connectivity index (χ1) is 15.5. The number of nitrogens with one attached hydrogen (secondary N) is 1. The minimum Gasteiger partial charge on any atom is -0.481 e. The summed E-state index contributed by atoms with van der Waals surface area (Å²) in [5.74, 6) is 0.375. The molecule has 0 radical (unpaired) electrons. The maximum atomic E-state index is 12.3. The number of nitrogens with zero attached hydrogens (tertiary/aromatic N) is 3. The number of aromatic nitrogens is 3. The molecule has 4 aromatic rings. The van der Waals surface area contributed by atoms with Crippen LogP contribution < -0.4 is 15.6 Å². The lowest BCUT2D eigenvalue weighted by Gasteiger charge is -2.15. The molecule has 0 aliphatic rings. The summed E-state index contributed by atoms with van der Waals surface area (Å²) in [5.41, 5.74) is 1.34. The summed E-state index contributed by atoms with van der Waals surface area (Å²) in [6.45, 7) is 4.14. The number of hydrogen-bond donors (Lipinski definition) is 1. The van der Waals surface area contributed by atoms with Crippen LogP contribution in [0.1, 0.15) is 12.6 Å². The van der Waals surface area contributed by atoms with Crippen LogP contribution in [0.15, 0.2) is 64.8 Å². The van der Waals surface area contributed by atoms with Gasteiger partial charge >= 0.3 is 0 Å². The van der Waals surface area contributed by atoms with Gasteiger partial charge in [-0.1, -0.05) is 24.3 Å². The number of amides is 1. The van der Waals surface area contributed by atoms with Gasteiger partial charge in [-0.15, -0.1) is 22.7 Å². The fourth-order valence-electron chi connectivity index (χ4n) is 3.06. The second-order valence-electron chi connectivity index (χ2n) is 7.05. The topological polar surface area (TPSA) is 86.1 Å². The molecule has 0 saturated heterocycles. The molecule has 164 valence electrons. The van der Waals surface area contributed by atoms with Crippen LogP contribution in [0.5, 0.6) is 5.75 Å². The Morgan fingerprint density at radius 1 is 1.16 bits per heavy atom. The molecule has 1 unspecified atom stereocenters. The van der Waals surface area contributed by atoms with Gasteiger partial charge < -0.3 is 10.1 Å².